The summed E-state index contributed by atoms with van der Waals surface area (Å²) in [6.07, 6.45) is 2.76. The molecule has 2 amide bonds. The molecule has 10 heteroatoms. The number of hydrogen-bond acceptors (Lipinski definition) is 6. The van der Waals surface area contributed by atoms with Crippen LogP contribution in [0.5, 0.6) is 0 Å². The van der Waals surface area contributed by atoms with Crippen LogP contribution in [-0.2, 0) is 16.1 Å². The van der Waals surface area contributed by atoms with Crippen LogP contribution in [0.15, 0.2) is 61.8 Å². The van der Waals surface area contributed by atoms with Crippen molar-refractivity contribution >= 4 is 28.9 Å². The Morgan fingerprint density at radius 1 is 1.15 bits per heavy atom. The Kier molecular flexibility index (Phi) is 5.26. The molecule has 138 valence electrons. The van der Waals surface area contributed by atoms with E-state index in [2.05, 4.69) is 20.8 Å². The van der Waals surface area contributed by atoms with Crippen molar-refractivity contribution in [3.05, 3.63) is 69.3 Å². The van der Waals surface area contributed by atoms with Crippen molar-refractivity contribution in [3.8, 4) is 0 Å². The number of furan rings is 1. The van der Waals surface area contributed by atoms with Gasteiger partial charge in [0.1, 0.15) is 12.3 Å². The molecule has 10 nitrogen and oxygen atoms in total. The van der Waals surface area contributed by atoms with Crippen molar-refractivity contribution in [1.29, 1.82) is 0 Å². The zero-order valence-electron chi connectivity index (χ0n) is 14.0. The van der Waals surface area contributed by atoms with E-state index in [0.29, 0.717) is 11.3 Å². The maximum absolute atomic E-state index is 12.3. The Hall–Kier alpha value is -3.95. The van der Waals surface area contributed by atoms with Crippen LogP contribution in [0.2, 0.25) is 0 Å². The lowest BCUT2D eigenvalue weighted by Crippen LogP contribution is -2.42. The number of aromatic amines is 1. The highest BCUT2D eigenvalue weighted by Gasteiger charge is 2.12. The van der Waals surface area contributed by atoms with Crippen molar-refractivity contribution < 1.29 is 14.0 Å². The molecule has 0 aliphatic rings. The summed E-state index contributed by atoms with van der Waals surface area (Å²) >= 11 is 0. The van der Waals surface area contributed by atoms with Crippen LogP contribution in [0.4, 0.5) is 0 Å². The van der Waals surface area contributed by atoms with E-state index in [1.807, 2.05) is 0 Å². The van der Waals surface area contributed by atoms with E-state index < -0.39 is 29.6 Å². The van der Waals surface area contributed by atoms with Crippen LogP contribution in [0.3, 0.4) is 0 Å². The molecular weight excluding hydrogens is 354 g/mol. The van der Waals surface area contributed by atoms with Crippen molar-refractivity contribution in [3.63, 3.8) is 0 Å². The van der Waals surface area contributed by atoms with E-state index in [1.54, 1.807) is 36.4 Å². The number of carbonyl (C=O) groups is 2. The zero-order chi connectivity index (χ0) is 19.2. The fourth-order valence-corrected chi connectivity index (χ4v) is 2.29. The largest absolute Gasteiger partial charge is 0.463 e. The first-order valence-electron chi connectivity index (χ1n) is 7.88. The Bertz CT molecular complexity index is 1110. The topological polar surface area (TPSA) is 139 Å². The highest BCUT2D eigenvalue weighted by Crippen LogP contribution is 2.02. The van der Waals surface area contributed by atoms with Gasteiger partial charge < -0.3 is 14.7 Å². The van der Waals surface area contributed by atoms with Gasteiger partial charge >= 0.3 is 5.69 Å². The number of para-hydroxylation sites is 1. The molecule has 0 saturated heterocycles. The standard InChI is InChI=1S/C17H15N5O5/c23-14(21-19-8-11-4-3-7-27-11)9-18-15(24)10-22-16(25)12-5-1-2-6-13(12)20-17(22)26/h1-8H,9-10H2,(H,18,24)(H,20,26)(H,21,23)/b19-8+. The van der Waals surface area contributed by atoms with Gasteiger partial charge in [-0.25, -0.2) is 10.2 Å². The molecule has 0 unspecified atom stereocenters. The predicted molar refractivity (Wildman–Crippen MR) is 96.3 cm³/mol. The third-order valence-electron chi connectivity index (χ3n) is 3.56. The smallest absolute Gasteiger partial charge is 0.329 e. The van der Waals surface area contributed by atoms with Crippen LogP contribution in [-0.4, -0.2) is 34.1 Å². The van der Waals surface area contributed by atoms with Crippen molar-refractivity contribution in [2.45, 2.75) is 6.54 Å². The Balaban J connectivity index is 1.58. The normalized spacial score (nSPS) is 11.0. The molecule has 3 rings (SSSR count). The number of H-pyrrole nitrogens is 1. The lowest BCUT2D eigenvalue weighted by molar-refractivity contribution is -0.126. The summed E-state index contributed by atoms with van der Waals surface area (Å²) in [4.78, 5) is 50.5. The van der Waals surface area contributed by atoms with Crippen LogP contribution in [0.1, 0.15) is 5.76 Å². The molecule has 3 N–H and O–H groups in total. The number of hydrogen-bond donors (Lipinski definition) is 3. The van der Waals surface area contributed by atoms with Gasteiger partial charge in [0.05, 0.1) is 29.9 Å². The van der Waals surface area contributed by atoms with Crippen LogP contribution < -0.4 is 22.0 Å². The molecule has 0 aliphatic carbocycles. The van der Waals surface area contributed by atoms with Crippen molar-refractivity contribution in [2.75, 3.05) is 6.54 Å². The number of rotatable bonds is 6. The fourth-order valence-electron chi connectivity index (χ4n) is 2.29. The van der Waals surface area contributed by atoms with E-state index in [0.717, 1.165) is 4.57 Å². The highest BCUT2D eigenvalue weighted by molar-refractivity contribution is 5.85. The molecule has 0 fully saturated rings. The summed E-state index contributed by atoms with van der Waals surface area (Å²) in [6, 6.07) is 9.79. The maximum atomic E-state index is 12.3. The second-order valence-electron chi connectivity index (χ2n) is 5.45. The van der Waals surface area contributed by atoms with E-state index >= 15 is 0 Å². The summed E-state index contributed by atoms with van der Waals surface area (Å²) in [5, 5.41) is 6.26. The number of aromatic nitrogens is 2. The lowest BCUT2D eigenvalue weighted by atomic mass is 10.2. The van der Waals surface area contributed by atoms with Crippen LogP contribution >= 0.6 is 0 Å². The molecular formula is C17H15N5O5. The Morgan fingerprint density at radius 3 is 2.74 bits per heavy atom. The Labute approximate surface area is 151 Å². The molecule has 0 spiro atoms. The van der Waals surface area contributed by atoms with E-state index in [1.165, 1.54) is 12.5 Å². The van der Waals surface area contributed by atoms with E-state index in [9.17, 15) is 19.2 Å². The predicted octanol–water partition coefficient (Wildman–Crippen LogP) is -0.451. The number of nitrogens with zero attached hydrogens (tertiary/aromatic N) is 2. The van der Waals surface area contributed by atoms with Gasteiger partial charge in [0.15, 0.2) is 0 Å². The van der Waals surface area contributed by atoms with Crippen LogP contribution in [0.25, 0.3) is 10.9 Å². The second-order valence-corrected chi connectivity index (χ2v) is 5.45. The van der Waals surface area contributed by atoms with Gasteiger partial charge in [0.2, 0.25) is 5.91 Å². The van der Waals surface area contributed by atoms with Gasteiger partial charge in [-0.15, -0.1) is 0 Å². The van der Waals surface area contributed by atoms with Crippen LogP contribution in [0, 0.1) is 0 Å². The van der Waals surface area contributed by atoms with Gasteiger partial charge in [-0.3, -0.25) is 19.0 Å². The quantitative estimate of drug-likeness (QED) is 0.399. The summed E-state index contributed by atoms with van der Waals surface area (Å²) in [5.74, 6) is -0.789. The Morgan fingerprint density at radius 2 is 1.96 bits per heavy atom. The second kappa shape index (κ2) is 7.95. The molecule has 3 aromatic rings. The average molecular weight is 369 g/mol. The molecule has 1 aromatic carbocycles. The molecule has 2 heterocycles. The van der Waals surface area contributed by atoms with Crippen molar-refractivity contribution in [1.82, 2.24) is 20.3 Å². The number of benzene rings is 1. The number of nitrogens with one attached hydrogen (secondary N) is 3. The minimum Gasteiger partial charge on any atom is -0.463 e. The fraction of sp³-hybridized carbons (Fsp3) is 0.118. The molecule has 0 atom stereocenters. The number of hydrazone groups is 1. The first-order valence-corrected chi connectivity index (χ1v) is 7.88. The summed E-state index contributed by atoms with van der Waals surface area (Å²) in [5.41, 5.74) is 1.30. The molecule has 0 radical (unpaired) electrons. The number of fused-ring (bicyclic) bond motifs is 1. The van der Waals surface area contributed by atoms with Gasteiger partial charge in [0.25, 0.3) is 11.5 Å². The monoisotopic (exact) mass is 369 g/mol. The first kappa shape index (κ1) is 17.9. The van der Waals surface area contributed by atoms with E-state index in [-0.39, 0.29) is 11.9 Å². The molecule has 0 aliphatic heterocycles. The van der Waals surface area contributed by atoms with Gasteiger partial charge in [-0.2, -0.15) is 5.10 Å². The van der Waals surface area contributed by atoms with Gasteiger partial charge in [-0.05, 0) is 24.3 Å². The summed E-state index contributed by atoms with van der Waals surface area (Å²) in [7, 11) is 0. The van der Waals surface area contributed by atoms with Gasteiger partial charge in [-0.1, -0.05) is 12.1 Å². The lowest BCUT2D eigenvalue weighted by Gasteiger charge is -2.07. The molecule has 0 saturated carbocycles. The molecule has 0 bridgehead atoms. The van der Waals surface area contributed by atoms with Crippen molar-refractivity contribution in [2.24, 2.45) is 5.10 Å². The van der Waals surface area contributed by atoms with E-state index in [4.69, 9.17) is 4.42 Å². The SMILES string of the molecule is O=C(Cn1c(=O)[nH]c2ccccc2c1=O)NCC(=O)N/N=C/c1ccco1. The first-order chi connectivity index (χ1) is 13.0. The summed E-state index contributed by atoms with van der Waals surface area (Å²) < 4.78 is 5.77. The average Bonchev–Trinajstić information content (AvgIpc) is 3.17. The zero-order valence-corrected chi connectivity index (χ0v) is 14.0. The molecule has 27 heavy (non-hydrogen) atoms. The molecule has 2 aromatic heterocycles. The summed E-state index contributed by atoms with van der Waals surface area (Å²) in [6.45, 7) is -0.878. The third-order valence-corrected chi connectivity index (χ3v) is 3.56. The highest BCUT2D eigenvalue weighted by atomic mass is 16.3. The maximum Gasteiger partial charge on any atom is 0.329 e. The third kappa shape index (κ3) is 4.37. The number of carbonyl (C=O) groups excluding carboxylic acids is 2. The minimum absolute atomic E-state index is 0.287. The van der Waals surface area contributed by atoms with Gasteiger partial charge in [0, 0.05) is 0 Å². The number of amides is 2. The minimum atomic E-state index is -0.707.